The van der Waals surface area contributed by atoms with E-state index in [1.54, 1.807) is 0 Å². The van der Waals surface area contributed by atoms with Gasteiger partial charge in [-0.25, -0.2) is 0 Å². The molecule has 0 aromatic heterocycles. The molecule has 0 saturated carbocycles. The summed E-state index contributed by atoms with van der Waals surface area (Å²) in [4.78, 5) is 0. The van der Waals surface area contributed by atoms with E-state index < -0.39 is 0 Å². The van der Waals surface area contributed by atoms with Gasteiger partial charge >= 0.3 is 53.1 Å². The number of hydrogen-bond donors (Lipinski definition) is 0. The molecular formula is C23H31Cl2GeOZr. The van der Waals surface area contributed by atoms with Crippen LogP contribution in [-0.2, 0) is 38.0 Å². The van der Waals surface area contributed by atoms with Crippen LogP contribution in [0.2, 0.25) is 11.5 Å². The molecule has 0 atom stereocenters. The zero-order valence-corrected chi connectivity index (χ0v) is 23.7. The van der Waals surface area contributed by atoms with Crippen LogP contribution < -0.4 is 24.8 Å². The van der Waals surface area contributed by atoms with Gasteiger partial charge in [-0.3, -0.25) is 0 Å². The van der Waals surface area contributed by atoms with Crippen LogP contribution >= 0.6 is 0 Å². The summed E-state index contributed by atoms with van der Waals surface area (Å²) in [7, 11) is 0. The maximum absolute atomic E-state index is 2.34. The largest absolute Gasteiger partial charge is 3.00 e. The van der Waals surface area contributed by atoms with Gasteiger partial charge in [0.15, 0.2) is 0 Å². The van der Waals surface area contributed by atoms with Crippen molar-refractivity contribution in [2.45, 2.75) is 51.0 Å². The van der Waals surface area contributed by atoms with E-state index in [1.807, 2.05) is 0 Å². The second kappa shape index (κ2) is 14.9. The average molecular weight is 558 g/mol. The maximum atomic E-state index is 2.34. The SMILES string of the molecule is CCc1cc2c(-c3ccc(C(C)(C)C)cc3)cccc2[cH-]1.O.[CH3][Ge][CH3].[Cl-].[Cl-].[Zr+3]. The topological polar surface area (TPSA) is 31.5 Å². The van der Waals surface area contributed by atoms with E-state index in [2.05, 4.69) is 93.8 Å². The molecule has 3 rings (SSSR count). The first kappa shape index (κ1) is 32.7. The van der Waals surface area contributed by atoms with Crippen molar-refractivity contribution in [3.63, 3.8) is 0 Å². The van der Waals surface area contributed by atoms with Crippen molar-refractivity contribution < 1.29 is 56.5 Å². The molecule has 3 aromatic carbocycles. The van der Waals surface area contributed by atoms with Crippen LogP contribution in [0.1, 0.15) is 38.8 Å². The van der Waals surface area contributed by atoms with Crippen LogP contribution in [-0.4, -0.2) is 20.9 Å². The van der Waals surface area contributed by atoms with E-state index in [4.69, 9.17) is 0 Å². The van der Waals surface area contributed by atoms with Crippen molar-refractivity contribution in [3.8, 4) is 11.1 Å². The minimum atomic E-state index is 0. The van der Waals surface area contributed by atoms with Gasteiger partial charge in [0.2, 0.25) is 0 Å². The van der Waals surface area contributed by atoms with Gasteiger partial charge in [-0.15, -0.1) is 34.5 Å². The number of halogens is 2. The molecule has 151 valence electrons. The number of hydrogen-bond acceptors (Lipinski definition) is 0. The van der Waals surface area contributed by atoms with E-state index >= 15 is 0 Å². The Balaban J connectivity index is -0.000000841. The van der Waals surface area contributed by atoms with Gasteiger partial charge < -0.3 is 30.3 Å². The van der Waals surface area contributed by atoms with Crippen LogP contribution in [0.25, 0.3) is 21.9 Å². The maximum Gasteiger partial charge on any atom is 3.00 e. The molecule has 0 spiro atoms. The van der Waals surface area contributed by atoms with Crippen molar-refractivity contribution in [2.75, 3.05) is 0 Å². The van der Waals surface area contributed by atoms with E-state index in [1.165, 1.54) is 33.0 Å². The molecule has 0 amide bonds. The summed E-state index contributed by atoms with van der Waals surface area (Å²) >= 11 is 0.500. The monoisotopic (exact) mass is 557 g/mol. The smallest absolute Gasteiger partial charge is 1.00 e. The zero-order chi connectivity index (χ0) is 17.7. The minimum Gasteiger partial charge on any atom is -1.00 e. The summed E-state index contributed by atoms with van der Waals surface area (Å²) in [6.45, 7) is 8.99. The summed E-state index contributed by atoms with van der Waals surface area (Å²) in [5.74, 6) is 4.50. The molecule has 0 fully saturated rings. The molecule has 3 aromatic rings. The van der Waals surface area contributed by atoms with Gasteiger partial charge in [0.05, 0.1) is 0 Å². The Morgan fingerprint density at radius 1 is 0.929 bits per heavy atom. The molecule has 0 aliphatic rings. The summed E-state index contributed by atoms with van der Waals surface area (Å²) in [6, 6.07) is 20.3. The standard InChI is InChI=1S/C21H23.C2H6Ge.2ClH.H2O.Zr/c1-5-15-13-17-7-6-8-19(20(17)14-15)16-9-11-18(12-10-16)21(2,3)4;1-3-2;;;;/h6-14H,5H2,1-4H3;1-2H3;2*1H;1H2;/q-1;;;;;+3/p-2. The van der Waals surface area contributed by atoms with Crippen LogP contribution in [0.3, 0.4) is 0 Å². The Hall–Kier alpha value is 0.0160. The van der Waals surface area contributed by atoms with Crippen molar-refractivity contribution in [3.05, 3.63) is 65.7 Å². The van der Waals surface area contributed by atoms with E-state index in [0.717, 1.165) is 6.42 Å². The Labute approximate surface area is 209 Å². The Morgan fingerprint density at radius 3 is 1.93 bits per heavy atom. The molecule has 5 heteroatoms. The first-order chi connectivity index (χ1) is 11.4. The average Bonchev–Trinajstić information content (AvgIpc) is 2.98. The number of rotatable bonds is 2. The fraction of sp³-hybridized carbons (Fsp3) is 0.348. The van der Waals surface area contributed by atoms with Gasteiger partial charge in [0, 0.05) is 0 Å². The van der Waals surface area contributed by atoms with Gasteiger partial charge in [0.25, 0.3) is 0 Å². The second-order valence-electron chi connectivity index (χ2n) is 7.35. The molecule has 0 heterocycles. The molecule has 28 heavy (non-hydrogen) atoms. The van der Waals surface area contributed by atoms with Gasteiger partial charge in [0.1, 0.15) is 0 Å². The van der Waals surface area contributed by atoms with Gasteiger partial charge in [-0.2, -0.15) is 6.07 Å². The molecule has 3 radical (unpaired) electrons. The zero-order valence-electron chi connectivity index (χ0n) is 17.7. The fourth-order valence-electron chi connectivity index (χ4n) is 2.90. The summed E-state index contributed by atoms with van der Waals surface area (Å²) in [5, 5.41) is 2.72. The minimum absolute atomic E-state index is 0. The van der Waals surface area contributed by atoms with Crippen LogP contribution in [0.4, 0.5) is 0 Å². The van der Waals surface area contributed by atoms with Crippen LogP contribution in [0, 0.1) is 0 Å². The Bertz CT molecular complexity index is 792. The third kappa shape index (κ3) is 8.40. The molecule has 0 saturated heterocycles. The first-order valence-corrected chi connectivity index (χ1v) is 13.0. The third-order valence-corrected chi connectivity index (χ3v) is 4.28. The van der Waals surface area contributed by atoms with E-state index in [-0.39, 0.29) is 61.9 Å². The predicted molar refractivity (Wildman–Crippen MR) is 114 cm³/mol. The summed E-state index contributed by atoms with van der Waals surface area (Å²) in [5.41, 5.74) is 5.66. The number of benzene rings is 2. The molecular weight excluding hydrogens is 527 g/mol. The Morgan fingerprint density at radius 2 is 1.46 bits per heavy atom. The fourth-order valence-corrected chi connectivity index (χ4v) is 2.90. The molecule has 0 bridgehead atoms. The molecule has 1 nitrogen and oxygen atoms in total. The van der Waals surface area contributed by atoms with Gasteiger partial charge in [-0.1, -0.05) is 63.6 Å². The summed E-state index contributed by atoms with van der Waals surface area (Å²) < 4.78 is 0. The first-order valence-electron chi connectivity index (χ1n) is 8.78. The third-order valence-electron chi connectivity index (χ3n) is 4.28. The van der Waals surface area contributed by atoms with Crippen molar-refractivity contribution in [1.82, 2.24) is 0 Å². The van der Waals surface area contributed by atoms with E-state index in [0.29, 0.717) is 15.4 Å². The number of aryl methyl sites for hydroxylation is 1. The quantitative estimate of drug-likeness (QED) is 0.315. The number of fused-ring (bicyclic) bond motifs is 1. The van der Waals surface area contributed by atoms with Crippen molar-refractivity contribution in [2.24, 2.45) is 0 Å². The normalized spacial score (nSPS) is 9.64. The van der Waals surface area contributed by atoms with Crippen LogP contribution in [0.5, 0.6) is 0 Å². The predicted octanol–water partition coefficient (Wildman–Crippen LogP) is 0.0532. The van der Waals surface area contributed by atoms with Gasteiger partial charge in [-0.05, 0) is 23.0 Å². The second-order valence-corrected chi connectivity index (χ2v) is 9.45. The van der Waals surface area contributed by atoms with Crippen LogP contribution in [0.15, 0.2) is 54.6 Å². The Kier molecular flexibility index (Phi) is 17.4. The molecule has 0 aliphatic heterocycles. The molecule has 0 aliphatic carbocycles. The summed E-state index contributed by atoms with van der Waals surface area (Å²) in [6.07, 6.45) is 1.09. The van der Waals surface area contributed by atoms with E-state index in [9.17, 15) is 0 Å². The van der Waals surface area contributed by atoms with Crippen molar-refractivity contribution in [1.29, 1.82) is 0 Å². The molecule has 0 unspecified atom stereocenters. The molecule has 2 N–H and O–H groups in total. The van der Waals surface area contributed by atoms with Crippen molar-refractivity contribution >= 4 is 26.2 Å².